The summed E-state index contributed by atoms with van der Waals surface area (Å²) < 4.78 is 22.1. The van der Waals surface area contributed by atoms with Crippen molar-refractivity contribution < 1.29 is 8.42 Å². The van der Waals surface area contributed by atoms with Gasteiger partial charge in [0.05, 0.1) is 4.90 Å². The maximum absolute atomic E-state index is 11.0. The molecular weight excluding hydrogens is 238 g/mol. The Balaban J connectivity index is 1.80. The van der Waals surface area contributed by atoms with Gasteiger partial charge in [-0.15, -0.1) is 0 Å². The predicted octanol–water partition coefficient (Wildman–Crippen LogP) is 0.498. The molecule has 0 atom stereocenters. The molecule has 1 aliphatic carbocycles. The molecule has 5 nitrogen and oxygen atoms in total. The van der Waals surface area contributed by atoms with E-state index in [1.54, 1.807) is 12.1 Å². The van der Waals surface area contributed by atoms with E-state index in [0.29, 0.717) is 6.04 Å². The molecule has 17 heavy (non-hydrogen) atoms. The van der Waals surface area contributed by atoms with Crippen LogP contribution in [0.1, 0.15) is 12.8 Å². The summed E-state index contributed by atoms with van der Waals surface area (Å²) >= 11 is 0. The highest BCUT2D eigenvalue weighted by Gasteiger charge is 2.19. The first-order valence-electron chi connectivity index (χ1n) is 5.66. The Hall–Kier alpha value is -1.11. The summed E-state index contributed by atoms with van der Waals surface area (Å²) in [7, 11) is -3.59. The van der Waals surface area contributed by atoms with Gasteiger partial charge in [0, 0.05) is 24.8 Å². The highest BCUT2D eigenvalue weighted by molar-refractivity contribution is 7.89. The van der Waals surface area contributed by atoms with Gasteiger partial charge in [-0.3, -0.25) is 0 Å². The van der Waals surface area contributed by atoms with Crippen LogP contribution in [0.25, 0.3) is 0 Å². The quantitative estimate of drug-likeness (QED) is 0.646. The van der Waals surface area contributed by atoms with Gasteiger partial charge >= 0.3 is 0 Å². The number of hydrogen-bond donors (Lipinski definition) is 3. The predicted molar refractivity (Wildman–Crippen MR) is 67.3 cm³/mol. The first-order chi connectivity index (χ1) is 8.05. The maximum Gasteiger partial charge on any atom is 0.238 e. The van der Waals surface area contributed by atoms with Gasteiger partial charge in [0.15, 0.2) is 0 Å². The van der Waals surface area contributed by atoms with Gasteiger partial charge in [0.25, 0.3) is 0 Å². The molecule has 0 unspecified atom stereocenters. The molecule has 6 heteroatoms. The second kappa shape index (κ2) is 5.03. The number of primary sulfonamides is 1. The van der Waals surface area contributed by atoms with Crippen LogP contribution >= 0.6 is 0 Å². The Kier molecular flexibility index (Phi) is 3.66. The van der Waals surface area contributed by atoms with E-state index in [1.165, 1.54) is 25.0 Å². The van der Waals surface area contributed by atoms with Gasteiger partial charge in [0.1, 0.15) is 0 Å². The Morgan fingerprint density at radius 1 is 1.18 bits per heavy atom. The van der Waals surface area contributed by atoms with E-state index in [0.717, 1.165) is 18.8 Å². The Morgan fingerprint density at radius 3 is 2.35 bits per heavy atom. The molecule has 1 saturated carbocycles. The lowest BCUT2D eigenvalue weighted by Gasteiger charge is -2.07. The zero-order valence-corrected chi connectivity index (χ0v) is 10.3. The lowest BCUT2D eigenvalue weighted by molar-refractivity contribution is 0.598. The highest BCUT2D eigenvalue weighted by atomic mass is 32.2. The van der Waals surface area contributed by atoms with E-state index in [2.05, 4.69) is 10.6 Å². The van der Waals surface area contributed by atoms with E-state index in [1.807, 2.05) is 0 Å². The van der Waals surface area contributed by atoms with Gasteiger partial charge in [-0.1, -0.05) is 0 Å². The van der Waals surface area contributed by atoms with Crippen molar-refractivity contribution in [2.45, 2.75) is 23.8 Å². The number of benzene rings is 1. The van der Waals surface area contributed by atoms with Crippen molar-refractivity contribution >= 4 is 15.7 Å². The molecule has 0 heterocycles. The number of sulfonamides is 1. The van der Waals surface area contributed by atoms with Crippen LogP contribution in [0.3, 0.4) is 0 Å². The highest BCUT2D eigenvalue weighted by Crippen LogP contribution is 2.18. The first-order valence-corrected chi connectivity index (χ1v) is 7.20. The zero-order chi connectivity index (χ0) is 12.3. The number of nitrogens with one attached hydrogen (secondary N) is 2. The summed E-state index contributed by atoms with van der Waals surface area (Å²) in [4.78, 5) is 0.138. The number of hydrogen-bond acceptors (Lipinski definition) is 4. The third-order valence-electron chi connectivity index (χ3n) is 2.65. The van der Waals surface area contributed by atoms with Crippen molar-refractivity contribution in [3.63, 3.8) is 0 Å². The van der Waals surface area contributed by atoms with E-state index in [9.17, 15) is 8.42 Å². The van der Waals surface area contributed by atoms with Crippen LogP contribution in [-0.4, -0.2) is 27.5 Å². The summed E-state index contributed by atoms with van der Waals surface area (Å²) in [5.41, 5.74) is 0.898. The molecule has 0 aliphatic heterocycles. The normalized spacial score (nSPS) is 15.8. The van der Waals surface area contributed by atoms with Gasteiger partial charge < -0.3 is 10.6 Å². The van der Waals surface area contributed by atoms with Crippen LogP contribution in [-0.2, 0) is 10.0 Å². The molecule has 1 aliphatic rings. The molecule has 2 rings (SSSR count). The van der Waals surface area contributed by atoms with E-state index >= 15 is 0 Å². The average Bonchev–Trinajstić information content (AvgIpc) is 3.08. The summed E-state index contributed by atoms with van der Waals surface area (Å²) in [5, 5.41) is 11.6. The van der Waals surface area contributed by atoms with Crippen LogP contribution in [0.4, 0.5) is 5.69 Å². The van der Waals surface area contributed by atoms with E-state index in [-0.39, 0.29) is 4.90 Å². The molecule has 4 N–H and O–H groups in total. The van der Waals surface area contributed by atoms with Crippen molar-refractivity contribution in [3.05, 3.63) is 24.3 Å². The van der Waals surface area contributed by atoms with Crippen molar-refractivity contribution in [3.8, 4) is 0 Å². The molecular formula is C11H17N3O2S. The Labute approximate surface area is 101 Å². The first kappa shape index (κ1) is 12.3. The number of anilines is 1. The van der Waals surface area contributed by atoms with Crippen molar-refractivity contribution in [1.29, 1.82) is 0 Å². The molecule has 94 valence electrons. The third-order valence-corrected chi connectivity index (χ3v) is 3.58. The monoisotopic (exact) mass is 255 g/mol. The number of rotatable bonds is 6. The van der Waals surface area contributed by atoms with Crippen molar-refractivity contribution in [2.75, 3.05) is 18.4 Å². The Morgan fingerprint density at radius 2 is 1.82 bits per heavy atom. The maximum atomic E-state index is 11.0. The summed E-state index contributed by atoms with van der Waals surface area (Å²) in [6, 6.07) is 7.16. The van der Waals surface area contributed by atoms with Crippen LogP contribution < -0.4 is 15.8 Å². The lowest BCUT2D eigenvalue weighted by Crippen LogP contribution is -2.23. The fraction of sp³-hybridized carbons (Fsp3) is 0.455. The molecule has 0 radical (unpaired) electrons. The van der Waals surface area contributed by atoms with Crippen molar-refractivity contribution in [1.82, 2.24) is 5.32 Å². The summed E-state index contributed by atoms with van der Waals surface area (Å²) in [6.45, 7) is 1.74. The third kappa shape index (κ3) is 3.99. The standard InChI is InChI=1S/C11H17N3O2S/c12-17(15,16)11-5-3-10(4-6-11)14-8-7-13-9-1-2-9/h3-6,9,13-14H,1-2,7-8H2,(H2,12,15,16). The molecule has 0 spiro atoms. The van der Waals surface area contributed by atoms with Crippen LogP contribution in [0.15, 0.2) is 29.2 Å². The molecule has 1 aromatic carbocycles. The van der Waals surface area contributed by atoms with Crippen LogP contribution in [0.2, 0.25) is 0 Å². The van der Waals surface area contributed by atoms with Gasteiger partial charge in [-0.25, -0.2) is 13.6 Å². The van der Waals surface area contributed by atoms with E-state index in [4.69, 9.17) is 5.14 Å². The van der Waals surface area contributed by atoms with Gasteiger partial charge in [-0.05, 0) is 37.1 Å². The fourth-order valence-corrected chi connectivity index (χ4v) is 2.05. The van der Waals surface area contributed by atoms with Crippen LogP contribution in [0, 0.1) is 0 Å². The summed E-state index contributed by atoms with van der Waals surface area (Å²) in [6.07, 6.45) is 2.56. The summed E-state index contributed by atoms with van der Waals surface area (Å²) in [5.74, 6) is 0. The molecule has 1 aromatic rings. The lowest BCUT2D eigenvalue weighted by atomic mass is 10.3. The SMILES string of the molecule is NS(=O)(=O)c1ccc(NCCNC2CC2)cc1. The smallest absolute Gasteiger partial charge is 0.238 e. The molecule has 0 amide bonds. The molecule has 0 aromatic heterocycles. The molecule has 0 bridgehead atoms. The van der Waals surface area contributed by atoms with Gasteiger partial charge in [0.2, 0.25) is 10.0 Å². The minimum Gasteiger partial charge on any atom is -0.384 e. The topological polar surface area (TPSA) is 84.2 Å². The number of nitrogens with two attached hydrogens (primary N) is 1. The minimum atomic E-state index is -3.59. The largest absolute Gasteiger partial charge is 0.384 e. The van der Waals surface area contributed by atoms with Crippen molar-refractivity contribution in [2.24, 2.45) is 5.14 Å². The molecule has 0 saturated heterocycles. The Bertz CT molecular complexity index is 466. The van der Waals surface area contributed by atoms with Crippen LogP contribution in [0.5, 0.6) is 0 Å². The van der Waals surface area contributed by atoms with E-state index < -0.39 is 10.0 Å². The van der Waals surface area contributed by atoms with Gasteiger partial charge in [-0.2, -0.15) is 0 Å². The fourth-order valence-electron chi connectivity index (χ4n) is 1.53. The average molecular weight is 255 g/mol. The second-order valence-electron chi connectivity index (χ2n) is 4.22. The zero-order valence-electron chi connectivity index (χ0n) is 9.52. The minimum absolute atomic E-state index is 0.138. The second-order valence-corrected chi connectivity index (χ2v) is 5.79. The molecule has 1 fully saturated rings.